The van der Waals surface area contributed by atoms with E-state index >= 15 is 0 Å². The molecule has 0 fully saturated rings. The predicted molar refractivity (Wildman–Crippen MR) is 86.4 cm³/mol. The molecule has 120 valence electrons. The van der Waals surface area contributed by atoms with Crippen LogP contribution in [0.25, 0.3) is 0 Å². The number of halogens is 2. The highest BCUT2D eigenvalue weighted by Gasteiger charge is 2.10. The molecule has 1 aromatic heterocycles. The fraction of sp³-hybridized carbons (Fsp3) is 0.462. The van der Waals surface area contributed by atoms with Crippen LogP contribution in [0.15, 0.2) is 24.5 Å². The molecule has 8 heteroatoms. The zero-order chi connectivity index (χ0) is 14.1. The van der Waals surface area contributed by atoms with Crippen molar-refractivity contribution in [2.45, 2.75) is 19.9 Å². The first-order valence-corrected chi connectivity index (χ1v) is 6.27. The van der Waals surface area contributed by atoms with E-state index in [1.165, 1.54) is 0 Å². The molecule has 0 aliphatic carbocycles. The predicted octanol–water partition coefficient (Wildman–Crippen LogP) is 0.643. The summed E-state index contributed by atoms with van der Waals surface area (Å²) in [5, 5.41) is 5.43. The van der Waals surface area contributed by atoms with E-state index in [4.69, 9.17) is 5.73 Å². The standard InChI is InChI=1S/C13H20N4O2.2ClH/c1-10(7-14)13(19)16-6-4-12(18)17-9-11-3-2-5-15-8-11;;/h2-3,5,8,10H,4,6-7,9,14H2,1H3,(H,16,19)(H,17,18);2*1H. The molecule has 0 radical (unpaired) electrons. The molecule has 1 aromatic rings. The lowest BCUT2D eigenvalue weighted by molar-refractivity contribution is -0.124. The first-order chi connectivity index (χ1) is 9.13. The van der Waals surface area contributed by atoms with Crippen LogP contribution in [0.4, 0.5) is 0 Å². The first kappa shape index (κ1) is 21.9. The highest BCUT2D eigenvalue weighted by Crippen LogP contribution is 1.95. The smallest absolute Gasteiger partial charge is 0.224 e. The lowest BCUT2D eigenvalue weighted by Crippen LogP contribution is -2.35. The van der Waals surface area contributed by atoms with Gasteiger partial charge in [-0.3, -0.25) is 14.6 Å². The number of nitrogens with zero attached hydrogens (tertiary/aromatic N) is 1. The maximum atomic E-state index is 11.5. The summed E-state index contributed by atoms with van der Waals surface area (Å²) < 4.78 is 0. The number of amides is 2. The summed E-state index contributed by atoms with van der Waals surface area (Å²) in [6, 6.07) is 3.70. The van der Waals surface area contributed by atoms with Gasteiger partial charge in [0.15, 0.2) is 0 Å². The van der Waals surface area contributed by atoms with E-state index in [0.29, 0.717) is 19.6 Å². The maximum absolute atomic E-state index is 11.5. The average Bonchev–Trinajstić information content (AvgIpc) is 2.45. The summed E-state index contributed by atoms with van der Waals surface area (Å²) in [7, 11) is 0. The highest BCUT2D eigenvalue weighted by atomic mass is 35.5. The van der Waals surface area contributed by atoms with Crippen LogP contribution in [0.2, 0.25) is 0 Å². The monoisotopic (exact) mass is 336 g/mol. The molecule has 4 N–H and O–H groups in total. The van der Waals surface area contributed by atoms with Crippen molar-refractivity contribution in [3.05, 3.63) is 30.1 Å². The van der Waals surface area contributed by atoms with E-state index in [2.05, 4.69) is 15.6 Å². The van der Waals surface area contributed by atoms with Crippen LogP contribution in [0.3, 0.4) is 0 Å². The Morgan fingerprint density at radius 1 is 1.33 bits per heavy atom. The third-order valence-electron chi connectivity index (χ3n) is 2.66. The lowest BCUT2D eigenvalue weighted by atomic mass is 10.1. The molecular formula is C13H22Cl2N4O2. The molecule has 0 aromatic carbocycles. The van der Waals surface area contributed by atoms with Crippen molar-refractivity contribution in [1.29, 1.82) is 0 Å². The Hall–Kier alpha value is -1.37. The van der Waals surface area contributed by atoms with Crippen molar-refractivity contribution in [2.75, 3.05) is 13.1 Å². The van der Waals surface area contributed by atoms with Gasteiger partial charge in [-0.25, -0.2) is 0 Å². The molecule has 0 saturated heterocycles. The van der Waals surface area contributed by atoms with Crippen molar-refractivity contribution in [3.63, 3.8) is 0 Å². The van der Waals surface area contributed by atoms with Gasteiger partial charge in [-0.15, -0.1) is 24.8 Å². The Bertz CT molecular complexity index is 418. The van der Waals surface area contributed by atoms with Crippen LogP contribution >= 0.6 is 24.8 Å². The van der Waals surface area contributed by atoms with Gasteiger partial charge in [0.2, 0.25) is 11.8 Å². The largest absolute Gasteiger partial charge is 0.355 e. The summed E-state index contributed by atoms with van der Waals surface area (Å²) >= 11 is 0. The van der Waals surface area contributed by atoms with E-state index in [0.717, 1.165) is 5.56 Å². The number of aromatic nitrogens is 1. The van der Waals surface area contributed by atoms with Crippen LogP contribution in [-0.2, 0) is 16.1 Å². The number of pyridine rings is 1. The second kappa shape index (κ2) is 12.4. The van der Waals surface area contributed by atoms with Crippen molar-refractivity contribution in [1.82, 2.24) is 15.6 Å². The minimum absolute atomic E-state index is 0. The van der Waals surface area contributed by atoms with Gasteiger partial charge in [-0.1, -0.05) is 13.0 Å². The van der Waals surface area contributed by atoms with E-state index in [9.17, 15) is 9.59 Å². The van der Waals surface area contributed by atoms with Gasteiger partial charge >= 0.3 is 0 Å². The number of hydrogen-bond donors (Lipinski definition) is 3. The minimum atomic E-state index is -0.224. The molecular weight excluding hydrogens is 315 g/mol. The Balaban J connectivity index is 0. The van der Waals surface area contributed by atoms with Gasteiger partial charge < -0.3 is 16.4 Å². The fourth-order valence-corrected chi connectivity index (χ4v) is 1.37. The quantitative estimate of drug-likeness (QED) is 0.680. The average molecular weight is 337 g/mol. The van der Waals surface area contributed by atoms with Gasteiger partial charge in [-0.2, -0.15) is 0 Å². The van der Waals surface area contributed by atoms with Crippen LogP contribution < -0.4 is 16.4 Å². The molecule has 2 amide bonds. The van der Waals surface area contributed by atoms with Crippen molar-refractivity contribution >= 4 is 36.6 Å². The number of rotatable bonds is 7. The minimum Gasteiger partial charge on any atom is -0.355 e. The van der Waals surface area contributed by atoms with Crippen molar-refractivity contribution in [2.24, 2.45) is 11.7 Å². The Morgan fingerprint density at radius 2 is 2.05 bits per heavy atom. The van der Waals surface area contributed by atoms with Crippen molar-refractivity contribution < 1.29 is 9.59 Å². The topological polar surface area (TPSA) is 97.1 Å². The van der Waals surface area contributed by atoms with E-state index in [1.807, 2.05) is 12.1 Å². The SMILES string of the molecule is CC(CN)C(=O)NCCC(=O)NCc1cccnc1.Cl.Cl. The molecule has 0 bridgehead atoms. The molecule has 0 saturated carbocycles. The summed E-state index contributed by atoms with van der Waals surface area (Å²) in [4.78, 5) is 26.9. The Kier molecular flexibility index (Phi) is 12.9. The molecule has 1 unspecified atom stereocenters. The Morgan fingerprint density at radius 3 is 2.62 bits per heavy atom. The van der Waals surface area contributed by atoms with E-state index in [1.54, 1.807) is 19.3 Å². The lowest BCUT2D eigenvalue weighted by Gasteiger charge is -2.10. The van der Waals surface area contributed by atoms with Crippen LogP contribution in [0.1, 0.15) is 18.9 Å². The number of carbonyl (C=O) groups excluding carboxylic acids is 2. The highest BCUT2D eigenvalue weighted by molar-refractivity contribution is 5.85. The summed E-state index contributed by atoms with van der Waals surface area (Å²) in [6.45, 7) is 2.82. The van der Waals surface area contributed by atoms with Crippen LogP contribution in [0, 0.1) is 5.92 Å². The number of nitrogens with two attached hydrogens (primary N) is 1. The first-order valence-electron chi connectivity index (χ1n) is 6.27. The van der Waals surface area contributed by atoms with E-state index < -0.39 is 0 Å². The zero-order valence-electron chi connectivity index (χ0n) is 11.9. The van der Waals surface area contributed by atoms with E-state index in [-0.39, 0.29) is 49.0 Å². The summed E-state index contributed by atoms with van der Waals surface area (Å²) in [6.07, 6.45) is 3.63. The van der Waals surface area contributed by atoms with Gasteiger partial charge in [0.25, 0.3) is 0 Å². The molecule has 1 atom stereocenters. The molecule has 1 heterocycles. The molecule has 0 spiro atoms. The summed E-state index contributed by atoms with van der Waals surface area (Å²) in [5.74, 6) is -0.453. The molecule has 21 heavy (non-hydrogen) atoms. The van der Waals surface area contributed by atoms with Gasteiger partial charge in [-0.05, 0) is 11.6 Å². The molecule has 6 nitrogen and oxygen atoms in total. The van der Waals surface area contributed by atoms with Crippen LogP contribution in [0.5, 0.6) is 0 Å². The fourth-order valence-electron chi connectivity index (χ4n) is 1.37. The number of hydrogen-bond acceptors (Lipinski definition) is 4. The van der Waals surface area contributed by atoms with Crippen LogP contribution in [-0.4, -0.2) is 29.9 Å². The molecule has 0 aliphatic rings. The van der Waals surface area contributed by atoms with Gasteiger partial charge in [0, 0.05) is 44.4 Å². The van der Waals surface area contributed by atoms with Gasteiger partial charge in [0.05, 0.1) is 0 Å². The number of carbonyl (C=O) groups is 2. The van der Waals surface area contributed by atoms with Crippen molar-refractivity contribution in [3.8, 4) is 0 Å². The second-order valence-corrected chi connectivity index (χ2v) is 4.32. The van der Waals surface area contributed by atoms with Gasteiger partial charge in [0.1, 0.15) is 0 Å². The third-order valence-corrected chi connectivity index (χ3v) is 2.66. The zero-order valence-corrected chi connectivity index (χ0v) is 13.5. The normalized spacial score (nSPS) is 10.6. The third kappa shape index (κ3) is 9.23. The Labute approximate surface area is 137 Å². The molecule has 0 aliphatic heterocycles. The molecule has 1 rings (SSSR count). The number of nitrogens with one attached hydrogen (secondary N) is 2. The maximum Gasteiger partial charge on any atom is 0.224 e. The second-order valence-electron chi connectivity index (χ2n) is 4.32. The summed E-state index contributed by atoms with van der Waals surface area (Å²) in [5.41, 5.74) is 6.31.